The summed E-state index contributed by atoms with van der Waals surface area (Å²) < 4.78 is 29.9. The molecule has 2 N–H and O–H groups in total. The number of likely N-dealkylation sites (N-methyl/N-ethyl adjacent to an activating group) is 1. The molecule has 64 heavy (non-hydrogen) atoms. The van der Waals surface area contributed by atoms with Crippen LogP contribution in [0.25, 0.3) is 22.0 Å². The molecule has 3 fully saturated rings. The van der Waals surface area contributed by atoms with Crippen LogP contribution in [-0.2, 0) is 45.3 Å². The van der Waals surface area contributed by atoms with E-state index in [1.165, 1.54) is 26.7 Å². The van der Waals surface area contributed by atoms with Gasteiger partial charge in [-0.2, -0.15) is 0 Å². The van der Waals surface area contributed by atoms with Crippen molar-refractivity contribution in [3.63, 3.8) is 0 Å². The van der Waals surface area contributed by atoms with Crippen LogP contribution in [0, 0.1) is 36.5 Å². The fraction of sp³-hybridized carbons (Fsp3) is 0.560. The first-order valence-corrected chi connectivity index (χ1v) is 22.9. The van der Waals surface area contributed by atoms with Gasteiger partial charge < -0.3 is 38.5 Å². The van der Waals surface area contributed by atoms with Crippen molar-refractivity contribution >= 4 is 28.8 Å². The van der Waals surface area contributed by atoms with Crippen LogP contribution in [0.4, 0.5) is 0 Å². The Morgan fingerprint density at radius 2 is 1.81 bits per heavy atom. The molecule has 2 aliphatic carbocycles. The Kier molecular flexibility index (Phi) is 10.1. The molecule has 10 rings (SSSR count). The van der Waals surface area contributed by atoms with Crippen LogP contribution in [-0.4, -0.2) is 132 Å². The number of aromatic nitrogens is 2. The third-order valence-electron chi connectivity index (χ3n) is 16.6. The summed E-state index contributed by atoms with van der Waals surface area (Å²) in [7, 11) is 6.32. The number of carbonyl (C=O) groups is 3. The van der Waals surface area contributed by atoms with Gasteiger partial charge in [-0.05, 0) is 86.9 Å². The fourth-order valence-electron chi connectivity index (χ4n) is 14.4. The molecule has 0 amide bonds. The summed E-state index contributed by atoms with van der Waals surface area (Å²) in [6, 6.07) is 5.18. The lowest BCUT2D eigenvalue weighted by molar-refractivity contribution is -0.243. The third kappa shape index (κ3) is 5.51. The molecule has 11 atom stereocenters. The van der Waals surface area contributed by atoms with Gasteiger partial charge in [0.2, 0.25) is 5.60 Å². The zero-order chi connectivity index (χ0) is 45.2. The van der Waals surface area contributed by atoms with Crippen LogP contribution >= 0.6 is 0 Å². The number of likely N-dealkylation sites (tertiary alicyclic amines) is 1. The zero-order valence-corrected chi connectivity index (χ0v) is 38.4. The van der Waals surface area contributed by atoms with E-state index in [-0.39, 0.29) is 17.9 Å². The molecule has 0 radical (unpaired) electrons. The van der Waals surface area contributed by atoms with Crippen LogP contribution in [0.3, 0.4) is 0 Å². The number of esters is 3. The monoisotopic (exact) mass is 875 g/mol. The largest absolute Gasteiger partial charge is 0.468 e. The van der Waals surface area contributed by atoms with Gasteiger partial charge in [0.25, 0.3) is 0 Å². The lowest BCUT2D eigenvalue weighted by atomic mass is 9.47. The highest BCUT2D eigenvalue weighted by Crippen LogP contribution is 2.70. The summed E-state index contributed by atoms with van der Waals surface area (Å²) in [6.45, 7) is 13.0. The number of carbonyl (C=O) groups excluding carboxylic acids is 3. The lowest BCUT2D eigenvalue weighted by Gasteiger charge is -2.63. The topological polar surface area (TPSA) is 160 Å². The third-order valence-corrected chi connectivity index (χ3v) is 16.6. The standard InChI is InChI=1S/C50H61N5O9/c1-10-30-19-31-23-49(45(57)61-8,41-34(26-54(24-30)25-31)33-20-32(13-14-37(33)51-41)40-27(3)52-64-28(40)4)36-21-35-38(22-39(36)60-7)53(6)43-48(35)16-18-55-17-12-15-47(11-2,42(48)55)44(63-29(5)56)50(43,59)46(58)62-9/h12-15,19-22,31,36,39,42-44,51,59H,10-11,16-18,23-26H2,1-9H3/t31-,36?,39?,42+,43-,44-,47-,48-,49+,50+/m1/s1. The molecule has 1 saturated carbocycles. The van der Waals surface area contributed by atoms with Crippen LogP contribution in [0.2, 0.25) is 0 Å². The van der Waals surface area contributed by atoms with Crippen molar-refractivity contribution in [1.82, 2.24) is 24.8 Å². The Bertz CT molecular complexity index is 2570. The number of aromatic amines is 1. The Morgan fingerprint density at radius 1 is 1.03 bits per heavy atom. The van der Waals surface area contributed by atoms with Gasteiger partial charge in [-0.25, -0.2) is 4.79 Å². The van der Waals surface area contributed by atoms with Crippen molar-refractivity contribution in [2.45, 2.75) is 102 Å². The van der Waals surface area contributed by atoms with E-state index in [4.69, 9.17) is 23.5 Å². The number of fused-ring (bicyclic) bond motifs is 6. The molecule has 7 heterocycles. The molecule has 14 heteroatoms. The van der Waals surface area contributed by atoms with Gasteiger partial charge in [-0.1, -0.05) is 54.9 Å². The van der Waals surface area contributed by atoms with Gasteiger partial charge in [-0.15, -0.1) is 0 Å². The predicted octanol–water partition coefficient (Wildman–Crippen LogP) is 5.67. The number of hydrogen-bond acceptors (Lipinski definition) is 13. The predicted molar refractivity (Wildman–Crippen MR) is 238 cm³/mol. The number of rotatable bonds is 8. The molecule has 2 saturated heterocycles. The van der Waals surface area contributed by atoms with Crippen molar-refractivity contribution < 1.29 is 43.0 Å². The molecule has 1 aromatic carbocycles. The fourth-order valence-corrected chi connectivity index (χ4v) is 14.4. The normalized spacial score (nSPS) is 36.1. The molecule has 14 nitrogen and oxygen atoms in total. The van der Waals surface area contributed by atoms with Gasteiger partial charge in [0.1, 0.15) is 11.2 Å². The first kappa shape index (κ1) is 42.9. The summed E-state index contributed by atoms with van der Waals surface area (Å²) >= 11 is 0. The number of aryl methyl sites for hydroxylation is 2. The van der Waals surface area contributed by atoms with Gasteiger partial charge in [-0.3, -0.25) is 19.4 Å². The quantitative estimate of drug-likeness (QED) is 0.162. The molecule has 5 aliphatic heterocycles. The van der Waals surface area contributed by atoms with E-state index in [1.807, 2.05) is 32.7 Å². The Labute approximate surface area is 374 Å². The maximum atomic E-state index is 15.5. The van der Waals surface area contributed by atoms with Gasteiger partial charge in [0.15, 0.2) is 6.10 Å². The Balaban J connectivity index is 1.25. The second-order valence-corrected chi connectivity index (χ2v) is 19.4. The van der Waals surface area contributed by atoms with E-state index >= 15 is 4.79 Å². The number of aliphatic hydroxyl groups is 1. The van der Waals surface area contributed by atoms with Crippen LogP contribution in [0.15, 0.2) is 69.9 Å². The highest BCUT2D eigenvalue weighted by molar-refractivity contribution is 5.94. The van der Waals surface area contributed by atoms with Crippen molar-refractivity contribution in [2.24, 2.45) is 22.7 Å². The van der Waals surface area contributed by atoms with E-state index in [0.717, 1.165) is 75.5 Å². The highest BCUT2D eigenvalue weighted by Gasteiger charge is 2.81. The van der Waals surface area contributed by atoms with E-state index in [0.29, 0.717) is 38.9 Å². The second kappa shape index (κ2) is 15.0. The van der Waals surface area contributed by atoms with Crippen LogP contribution in [0.1, 0.15) is 69.2 Å². The number of allylic oxidation sites excluding steroid dienone is 1. The summed E-state index contributed by atoms with van der Waals surface area (Å²) in [5.41, 5.74) is 3.14. The minimum Gasteiger partial charge on any atom is -0.468 e. The number of hydrogen-bond donors (Lipinski definition) is 2. The second-order valence-electron chi connectivity index (χ2n) is 19.4. The minimum atomic E-state index is -2.28. The molecule has 1 spiro atoms. The van der Waals surface area contributed by atoms with Crippen LogP contribution in [0.5, 0.6) is 0 Å². The SMILES string of the molecule is CCC1=C[C@H]2CN(C1)Cc1c([nH]c3ccc(-c4c(C)noc4C)cc13)[C@@](C(=O)OC)(C1C=C3C(=CC1OC)N(C)[C@H]1[C@@](O)(C(=O)OC)[C@H](OC(C)=O)[C@]4(CC)C=CCN5CC[C@]31[C@@H]54)C2. The zero-order valence-electron chi connectivity index (χ0n) is 38.4. The Morgan fingerprint density at radius 3 is 2.48 bits per heavy atom. The maximum absolute atomic E-state index is 15.5. The van der Waals surface area contributed by atoms with E-state index in [1.54, 1.807) is 7.11 Å². The van der Waals surface area contributed by atoms with Gasteiger partial charge >= 0.3 is 17.9 Å². The number of methoxy groups -OCH3 is 3. The average molecular weight is 876 g/mol. The molecule has 7 aliphatic rings. The van der Waals surface area contributed by atoms with Crippen molar-refractivity contribution in [3.05, 3.63) is 88.1 Å². The molecule has 340 valence electrons. The summed E-state index contributed by atoms with van der Waals surface area (Å²) in [5.74, 6) is -1.66. The summed E-state index contributed by atoms with van der Waals surface area (Å²) in [4.78, 5) is 53.9. The molecule has 3 aromatic rings. The highest BCUT2D eigenvalue weighted by atomic mass is 16.6. The molecular formula is C50H61N5O9. The minimum absolute atomic E-state index is 0.0143. The first-order chi connectivity index (χ1) is 30.7. The molecule has 2 aromatic heterocycles. The maximum Gasteiger partial charge on any atom is 0.344 e. The van der Waals surface area contributed by atoms with Crippen molar-refractivity contribution in [2.75, 3.05) is 54.6 Å². The molecule has 2 bridgehead atoms. The van der Waals surface area contributed by atoms with E-state index in [9.17, 15) is 14.7 Å². The van der Waals surface area contributed by atoms with Crippen molar-refractivity contribution in [1.29, 1.82) is 0 Å². The van der Waals surface area contributed by atoms with Crippen molar-refractivity contribution in [3.8, 4) is 11.1 Å². The number of ether oxygens (including phenoxy) is 4. The van der Waals surface area contributed by atoms with Gasteiger partial charge in [0.05, 0.1) is 32.1 Å². The number of nitrogens with zero attached hydrogens (tertiary/aromatic N) is 4. The summed E-state index contributed by atoms with van der Waals surface area (Å²) in [6.07, 6.45) is 11.4. The average Bonchev–Trinajstić information content (AvgIpc) is 4.03. The van der Waals surface area contributed by atoms with Gasteiger partial charge in [0, 0.05) is 97.9 Å². The Hall–Kier alpha value is -5.02. The summed E-state index contributed by atoms with van der Waals surface area (Å²) in [5, 5.41) is 18.7. The lowest BCUT2D eigenvalue weighted by Crippen LogP contribution is -2.79. The smallest absolute Gasteiger partial charge is 0.344 e. The number of nitrogens with one attached hydrogen (secondary N) is 1. The molecule has 3 unspecified atom stereocenters. The van der Waals surface area contributed by atoms with E-state index in [2.05, 4.69) is 75.4 Å². The number of H-pyrrole nitrogens is 1. The van der Waals surface area contributed by atoms with Crippen LogP contribution < -0.4 is 0 Å². The number of benzene rings is 1. The molecular weight excluding hydrogens is 815 g/mol. The van der Waals surface area contributed by atoms with E-state index < -0.39 is 58.0 Å². The first-order valence-electron chi connectivity index (χ1n) is 22.9.